The van der Waals surface area contributed by atoms with Crippen molar-refractivity contribution in [1.82, 2.24) is 0 Å². The number of hydrogen-bond donors (Lipinski definition) is 1. The Morgan fingerprint density at radius 2 is 1.03 bits per heavy atom. The predicted octanol–water partition coefficient (Wildman–Crippen LogP) is 17.1. The van der Waals surface area contributed by atoms with Crippen molar-refractivity contribution in [3.05, 3.63) is 148 Å². The van der Waals surface area contributed by atoms with Crippen molar-refractivity contribution in [3.8, 4) is 11.1 Å². The second kappa shape index (κ2) is 14.9. The number of benzene rings is 7. The molecule has 8 aromatic rings. The van der Waals surface area contributed by atoms with Gasteiger partial charge in [0.15, 0.2) is 7.28 Å². The van der Waals surface area contributed by atoms with Gasteiger partial charge in [-0.1, -0.05) is 155 Å². The SMILES string of the molecule is Cc1cc2c(cc1N1c3c(c(-c4cc5c(cc4Nc4ccc6c(c4)C(C)(C)CCC6(C)C)C(C)(C)CCC5(C)C)cc4ccccc34)Bc3ccc4c(sc5ccccc54)c31)C(C)(C)CCC2(C)C. The average molecular weight is 923 g/mol. The first-order valence-electron chi connectivity index (χ1n) is 26.1. The minimum Gasteiger partial charge on any atom is -0.355 e. The number of aryl methyl sites for hydroxylation is 1. The van der Waals surface area contributed by atoms with Gasteiger partial charge in [0.2, 0.25) is 0 Å². The fourth-order valence-electron chi connectivity index (χ4n) is 13.5. The van der Waals surface area contributed by atoms with Crippen LogP contribution in [0.25, 0.3) is 42.1 Å². The minimum atomic E-state index is 0.0444. The summed E-state index contributed by atoms with van der Waals surface area (Å²) in [7, 11) is 0.849. The van der Waals surface area contributed by atoms with Gasteiger partial charge in [-0.3, -0.25) is 0 Å². The highest BCUT2D eigenvalue weighted by Crippen LogP contribution is 2.55. The molecule has 1 aliphatic heterocycles. The first-order chi connectivity index (χ1) is 32.5. The molecule has 12 rings (SSSR count). The summed E-state index contributed by atoms with van der Waals surface area (Å²) in [6, 6.07) is 43.5. The largest absolute Gasteiger partial charge is 0.355 e. The number of thiophene rings is 1. The van der Waals surface area contributed by atoms with Crippen molar-refractivity contribution in [3.63, 3.8) is 0 Å². The first-order valence-corrected chi connectivity index (χ1v) is 26.9. The zero-order chi connectivity index (χ0) is 48.4. The van der Waals surface area contributed by atoms with Gasteiger partial charge in [0.25, 0.3) is 0 Å². The molecule has 1 N–H and O–H groups in total. The van der Waals surface area contributed by atoms with Crippen LogP contribution in [0.5, 0.6) is 0 Å². The number of nitrogens with zero attached hydrogens (tertiary/aromatic N) is 1. The standard InChI is InChI=1S/C65H71BN2S/c1-38-32-47-51(65(12,13)31-28-61(47,4)5)37-54(38)68-57-41-19-15-14-18-39(41)33-45(56(57)66-52-25-23-43-42-20-16-17-21-55(42)69-59(43)58(52)68)44-35-49-50(64(10,11)30-29-63(49,8)9)36-53(44)67-40-22-24-46-48(34-40)62(6,7)27-26-60(46,2)3/h14-25,32-37,66-67H,26-31H2,1-13H3. The van der Waals surface area contributed by atoms with E-state index >= 15 is 0 Å². The Kier molecular flexibility index (Phi) is 9.66. The molecule has 0 saturated heterocycles. The Morgan fingerprint density at radius 3 is 1.70 bits per heavy atom. The van der Waals surface area contributed by atoms with E-state index in [-0.39, 0.29) is 32.5 Å². The summed E-state index contributed by atoms with van der Waals surface area (Å²) < 4.78 is 2.73. The van der Waals surface area contributed by atoms with Crippen LogP contribution in [0.1, 0.15) is 161 Å². The maximum Gasteiger partial charge on any atom is 0.198 e. The van der Waals surface area contributed by atoms with E-state index in [2.05, 4.69) is 209 Å². The maximum atomic E-state index is 4.21. The number of rotatable bonds is 4. The molecule has 0 unspecified atom stereocenters. The van der Waals surface area contributed by atoms with Gasteiger partial charge in [0.1, 0.15) is 0 Å². The second-order valence-corrected chi connectivity index (χ2v) is 26.9. The average Bonchev–Trinajstić information content (AvgIpc) is 3.69. The molecule has 0 radical (unpaired) electrons. The van der Waals surface area contributed by atoms with Crippen molar-refractivity contribution in [2.24, 2.45) is 0 Å². The molecule has 3 aliphatic carbocycles. The molecule has 350 valence electrons. The van der Waals surface area contributed by atoms with Crippen LogP contribution in [0.2, 0.25) is 0 Å². The molecule has 4 aliphatic rings. The number of fused-ring (bicyclic) bond motifs is 11. The summed E-state index contributed by atoms with van der Waals surface area (Å²) in [5, 5.41) is 9.49. The lowest BCUT2D eigenvalue weighted by molar-refractivity contribution is 0.332. The van der Waals surface area contributed by atoms with Gasteiger partial charge in [0, 0.05) is 49.2 Å². The lowest BCUT2D eigenvalue weighted by Gasteiger charge is -2.44. The molecular formula is C65H71BN2S. The second-order valence-electron chi connectivity index (χ2n) is 25.8. The van der Waals surface area contributed by atoms with Crippen molar-refractivity contribution in [1.29, 1.82) is 0 Å². The topological polar surface area (TPSA) is 15.3 Å². The van der Waals surface area contributed by atoms with Gasteiger partial charge in [-0.25, -0.2) is 0 Å². The van der Waals surface area contributed by atoms with E-state index in [1.54, 1.807) is 0 Å². The van der Waals surface area contributed by atoms with Crippen molar-refractivity contribution >= 4 is 88.9 Å². The molecular weight excluding hydrogens is 852 g/mol. The monoisotopic (exact) mass is 923 g/mol. The zero-order valence-corrected chi connectivity index (χ0v) is 44.5. The molecule has 7 aromatic carbocycles. The molecule has 0 atom stereocenters. The summed E-state index contributed by atoms with van der Waals surface area (Å²) in [4.78, 5) is 2.76. The van der Waals surface area contributed by atoms with Crippen molar-refractivity contribution in [2.45, 2.75) is 161 Å². The maximum absolute atomic E-state index is 4.21. The van der Waals surface area contributed by atoms with E-state index < -0.39 is 0 Å². The van der Waals surface area contributed by atoms with Crippen LogP contribution in [-0.2, 0) is 32.5 Å². The molecule has 0 spiro atoms. The van der Waals surface area contributed by atoms with Crippen molar-refractivity contribution < 1.29 is 0 Å². The third-order valence-electron chi connectivity index (χ3n) is 18.4. The predicted molar refractivity (Wildman–Crippen MR) is 304 cm³/mol. The highest BCUT2D eigenvalue weighted by atomic mass is 32.1. The van der Waals surface area contributed by atoms with E-state index in [0.29, 0.717) is 0 Å². The highest BCUT2D eigenvalue weighted by molar-refractivity contribution is 7.26. The molecule has 0 amide bonds. The number of nitrogens with one attached hydrogen (secondary N) is 1. The van der Waals surface area contributed by atoms with Crippen LogP contribution < -0.4 is 21.1 Å². The highest BCUT2D eigenvalue weighted by Gasteiger charge is 2.42. The summed E-state index contributed by atoms with van der Waals surface area (Å²) >= 11 is 1.97. The van der Waals surface area contributed by atoms with E-state index in [1.165, 1.54) is 159 Å². The van der Waals surface area contributed by atoms with Crippen LogP contribution in [0, 0.1) is 6.92 Å². The third kappa shape index (κ3) is 6.84. The fraction of sp³-hybridized carbons (Fsp3) is 0.385. The Balaban J connectivity index is 1.17. The molecule has 2 nitrogen and oxygen atoms in total. The molecule has 0 saturated carbocycles. The van der Waals surface area contributed by atoms with Gasteiger partial charge >= 0.3 is 0 Å². The van der Waals surface area contributed by atoms with Crippen molar-refractivity contribution in [2.75, 3.05) is 10.2 Å². The van der Waals surface area contributed by atoms with Gasteiger partial charge in [-0.2, -0.15) is 0 Å². The number of hydrogen-bond acceptors (Lipinski definition) is 3. The third-order valence-corrected chi connectivity index (χ3v) is 19.6. The smallest absolute Gasteiger partial charge is 0.198 e. The van der Waals surface area contributed by atoms with Crippen LogP contribution in [0.3, 0.4) is 0 Å². The minimum absolute atomic E-state index is 0.0444. The Labute approximate surface area is 417 Å². The zero-order valence-electron chi connectivity index (χ0n) is 43.7. The number of anilines is 5. The summed E-state index contributed by atoms with van der Waals surface area (Å²) in [5.41, 5.74) is 22.7. The normalized spacial score (nSPS) is 19.8. The van der Waals surface area contributed by atoms with E-state index in [4.69, 9.17) is 0 Å². The molecule has 4 heteroatoms. The van der Waals surface area contributed by atoms with Gasteiger partial charge in [-0.15, -0.1) is 11.3 Å². The van der Waals surface area contributed by atoms with E-state index in [9.17, 15) is 0 Å². The van der Waals surface area contributed by atoms with Crippen LogP contribution >= 0.6 is 11.3 Å². The molecule has 0 fully saturated rings. The van der Waals surface area contributed by atoms with E-state index in [1.807, 2.05) is 11.3 Å². The summed E-state index contributed by atoms with van der Waals surface area (Å²) in [5.74, 6) is 0. The quantitative estimate of drug-likeness (QED) is 0.177. The summed E-state index contributed by atoms with van der Waals surface area (Å²) in [6.45, 7) is 31.9. The fourth-order valence-corrected chi connectivity index (χ4v) is 14.8. The van der Waals surface area contributed by atoms with Crippen LogP contribution in [0.4, 0.5) is 28.4 Å². The van der Waals surface area contributed by atoms with Gasteiger partial charge in [0.05, 0.1) is 10.4 Å². The Morgan fingerprint density at radius 1 is 0.478 bits per heavy atom. The molecule has 1 aromatic heterocycles. The van der Waals surface area contributed by atoms with Crippen LogP contribution in [-0.4, -0.2) is 7.28 Å². The van der Waals surface area contributed by atoms with E-state index in [0.717, 1.165) is 7.28 Å². The van der Waals surface area contributed by atoms with Gasteiger partial charge in [-0.05, 0) is 176 Å². The lowest BCUT2D eigenvalue weighted by atomic mass is 9.57. The van der Waals surface area contributed by atoms with Crippen LogP contribution in [0.15, 0.2) is 109 Å². The Bertz CT molecular complexity index is 3480. The Hall–Kier alpha value is -5.32. The van der Waals surface area contributed by atoms with Gasteiger partial charge < -0.3 is 10.2 Å². The molecule has 0 bridgehead atoms. The molecule has 69 heavy (non-hydrogen) atoms. The molecule has 2 heterocycles. The lowest BCUT2D eigenvalue weighted by Crippen LogP contribution is -2.42. The first kappa shape index (κ1) is 44.9. The summed E-state index contributed by atoms with van der Waals surface area (Å²) in [6.07, 6.45) is 7.12.